The van der Waals surface area contributed by atoms with E-state index in [9.17, 15) is 8.42 Å². The molecule has 2 rings (SSSR count). The predicted octanol–water partition coefficient (Wildman–Crippen LogP) is 1.96. The summed E-state index contributed by atoms with van der Waals surface area (Å²) in [6.07, 6.45) is 2.43. The molecule has 2 unspecified atom stereocenters. The highest BCUT2D eigenvalue weighted by molar-refractivity contribution is 7.92. The lowest BCUT2D eigenvalue weighted by Crippen LogP contribution is -2.37. The van der Waals surface area contributed by atoms with E-state index in [2.05, 4.69) is 0 Å². The molecular formula is C13H19NO2S. The molecule has 3 nitrogen and oxygen atoms in total. The maximum Gasteiger partial charge on any atom is 0.155 e. The van der Waals surface area contributed by atoms with E-state index in [1.165, 1.54) is 0 Å². The van der Waals surface area contributed by atoms with E-state index in [0.717, 1.165) is 24.0 Å². The fourth-order valence-electron chi connectivity index (χ4n) is 2.39. The molecule has 0 spiro atoms. The molecule has 1 aliphatic heterocycles. The lowest BCUT2D eigenvalue weighted by molar-refractivity contribution is 0.505. The Morgan fingerprint density at radius 2 is 1.88 bits per heavy atom. The van der Waals surface area contributed by atoms with E-state index >= 15 is 0 Å². The highest BCUT2D eigenvalue weighted by Crippen LogP contribution is 2.29. The van der Waals surface area contributed by atoms with Gasteiger partial charge in [-0.1, -0.05) is 36.2 Å². The highest BCUT2D eigenvalue weighted by Gasteiger charge is 2.34. The van der Waals surface area contributed by atoms with Crippen LogP contribution in [0.4, 0.5) is 0 Å². The van der Waals surface area contributed by atoms with Crippen molar-refractivity contribution in [3.8, 4) is 0 Å². The van der Waals surface area contributed by atoms with Crippen LogP contribution < -0.4 is 5.73 Å². The van der Waals surface area contributed by atoms with Crippen molar-refractivity contribution in [3.05, 3.63) is 35.4 Å². The number of aryl methyl sites for hydroxylation is 1. The molecule has 0 aromatic heterocycles. The van der Waals surface area contributed by atoms with Gasteiger partial charge in [0.1, 0.15) is 0 Å². The van der Waals surface area contributed by atoms with E-state index < -0.39 is 15.1 Å². The summed E-state index contributed by atoms with van der Waals surface area (Å²) >= 11 is 0. The van der Waals surface area contributed by atoms with Gasteiger partial charge < -0.3 is 5.73 Å². The van der Waals surface area contributed by atoms with Gasteiger partial charge in [-0.15, -0.1) is 0 Å². The van der Waals surface area contributed by atoms with Gasteiger partial charge >= 0.3 is 0 Å². The van der Waals surface area contributed by atoms with E-state index in [-0.39, 0.29) is 11.8 Å². The first-order chi connectivity index (χ1) is 8.00. The van der Waals surface area contributed by atoms with Crippen LogP contribution in [0.5, 0.6) is 0 Å². The van der Waals surface area contributed by atoms with Crippen molar-refractivity contribution in [2.24, 2.45) is 5.73 Å². The van der Waals surface area contributed by atoms with Gasteiger partial charge in [0.25, 0.3) is 0 Å². The minimum Gasteiger partial charge on any atom is -0.323 e. The van der Waals surface area contributed by atoms with Crippen LogP contribution in [0, 0.1) is 6.92 Å². The molecule has 17 heavy (non-hydrogen) atoms. The summed E-state index contributed by atoms with van der Waals surface area (Å²) in [6, 6.07) is 7.43. The molecule has 1 aromatic rings. The number of nitrogens with two attached hydrogens (primary N) is 1. The fraction of sp³-hybridized carbons (Fsp3) is 0.538. The highest BCUT2D eigenvalue weighted by atomic mass is 32.2. The molecule has 2 atom stereocenters. The molecule has 1 saturated heterocycles. The third-order valence-corrected chi connectivity index (χ3v) is 5.80. The van der Waals surface area contributed by atoms with Gasteiger partial charge in [0.15, 0.2) is 9.84 Å². The van der Waals surface area contributed by atoms with Gasteiger partial charge in [-0.05, 0) is 25.3 Å². The molecule has 1 aromatic carbocycles. The Balaban J connectivity index is 2.24. The van der Waals surface area contributed by atoms with Gasteiger partial charge in [-0.25, -0.2) is 8.42 Å². The smallest absolute Gasteiger partial charge is 0.155 e. The Kier molecular flexibility index (Phi) is 3.54. The topological polar surface area (TPSA) is 60.2 Å². The molecule has 0 radical (unpaired) electrons. The molecule has 2 N–H and O–H groups in total. The van der Waals surface area contributed by atoms with Gasteiger partial charge in [-0.2, -0.15) is 0 Å². The zero-order chi connectivity index (χ0) is 12.5. The molecule has 0 saturated carbocycles. The van der Waals surface area contributed by atoms with E-state index in [1.807, 2.05) is 31.2 Å². The maximum absolute atomic E-state index is 12.0. The van der Waals surface area contributed by atoms with Crippen LogP contribution in [0.1, 0.15) is 36.4 Å². The second-order valence-corrected chi connectivity index (χ2v) is 7.18. The summed E-state index contributed by atoms with van der Waals surface area (Å²) in [5.41, 5.74) is 8.20. The lowest BCUT2D eigenvalue weighted by atomic mass is 9.99. The zero-order valence-electron chi connectivity index (χ0n) is 10.1. The monoisotopic (exact) mass is 253 g/mol. The van der Waals surface area contributed by atoms with E-state index in [1.54, 1.807) is 0 Å². The Morgan fingerprint density at radius 1 is 1.24 bits per heavy atom. The molecule has 1 aliphatic rings. The van der Waals surface area contributed by atoms with Crippen LogP contribution in [-0.2, 0) is 9.84 Å². The van der Waals surface area contributed by atoms with Crippen LogP contribution >= 0.6 is 0 Å². The molecule has 1 heterocycles. The summed E-state index contributed by atoms with van der Waals surface area (Å²) in [7, 11) is -3.01. The van der Waals surface area contributed by atoms with Crippen molar-refractivity contribution >= 4 is 9.84 Å². The zero-order valence-corrected chi connectivity index (χ0v) is 10.9. The van der Waals surface area contributed by atoms with Crippen LogP contribution in [0.2, 0.25) is 0 Å². The van der Waals surface area contributed by atoms with Gasteiger partial charge in [-0.3, -0.25) is 0 Å². The number of hydrogen-bond donors (Lipinski definition) is 1. The summed E-state index contributed by atoms with van der Waals surface area (Å²) in [6.45, 7) is 2.01. The summed E-state index contributed by atoms with van der Waals surface area (Å²) in [4.78, 5) is 0. The Bertz CT molecular complexity index is 479. The number of rotatable bonds is 2. The van der Waals surface area contributed by atoms with Gasteiger partial charge in [0.05, 0.1) is 11.0 Å². The van der Waals surface area contributed by atoms with E-state index in [4.69, 9.17) is 5.73 Å². The van der Waals surface area contributed by atoms with Crippen molar-refractivity contribution in [1.29, 1.82) is 0 Å². The van der Waals surface area contributed by atoms with Gasteiger partial charge in [0, 0.05) is 6.04 Å². The fourth-order valence-corrected chi connectivity index (χ4v) is 4.42. The molecule has 1 fully saturated rings. The van der Waals surface area contributed by atoms with Crippen molar-refractivity contribution in [2.75, 3.05) is 5.75 Å². The van der Waals surface area contributed by atoms with Crippen LogP contribution in [0.25, 0.3) is 0 Å². The summed E-state index contributed by atoms with van der Waals surface area (Å²) in [5.74, 6) is 0.289. The number of sulfone groups is 1. The largest absolute Gasteiger partial charge is 0.323 e. The molecular weight excluding hydrogens is 234 g/mol. The minimum absolute atomic E-state index is 0.289. The average molecular weight is 253 g/mol. The molecule has 0 bridgehead atoms. The molecule has 4 heteroatoms. The van der Waals surface area contributed by atoms with E-state index in [0.29, 0.717) is 6.42 Å². The third-order valence-electron chi connectivity index (χ3n) is 3.49. The molecule has 0 amide bonds. The Hall–Kier alpha value is -0.870. The first-order valence-electron chi connectivity index (χ1n) is 6.04. The first-order valence-corrected chi connectivity index (χ1v) is 7.76. The quantitative estimate of drug-likeness (QED) is 0.876. The predicted molar refractivity (Wildman–Crippen MR) is 69.5 cm³/mol. The standard InChI is InChI=1S/C13H19NO2S/c1-10-5-7-11(8-6-10)13(14)12-4-2-3-9-17(12,15)16/h5-8,12-13H,2-4,9,14H2,1H3. The lowest BCUT2D eigenvalue weighted by Gasteiger charge is -2.27. The minimum atomic E-state index is -3.01. The average Bonchev–Trinajstić information content (AvgIpc) is 2.28. The Labute approximate surface area is 103 Å². The first kappa shape index (κ1) is 12.6. The second kappa shape index (κ2) is 4.78. The van der Waals surface area contributed by atoms with Crippen molar-refractivity contribution in [3.63, 3.8) is 0 Å². The van der Waals surface area contributed by atoms with Crippen LogP contribution in [-0.4, -0.2) is 19.4 Å². The number of hydrogen-bond acceptors (Lipinski definition) is 3. The van der Waals surface area contributed by atoms with Gasteiger partial charge in [0.2, 0.25) is 0 Å². The summed E-state index contributed by atoms with van der Waals surface area (Å²) < 4.78 is 24.0. The summed E-state index contributed by atoms with van der Waals surface area (Å²) in [5, 5.41) is -0.404. The SMILES string of the molecule is Cc1ccc(C(N)C2CCCCS2(=O)=O)cc1. The maximum atomic E-state index is 12.0. The third kappa shape index (κ3) is 2.69. The van der Waals surface area contributed by atoms with Crippen LogP contribution in [0.15, 0.2) is 24.3 Å². The molecule has 0 aliphatic carbocycles. The van der Waals surface area contributed by atoms with Crippen LogP contribution in [0.3, 0.4) is 0 Å². The second-order valence-electron chi connectivity index (χ2n) is 4.84. The van der Waals surface area contributed by atoms with Crippen molar-refractivity contribution < 1.29 is 8.42 Å². The van der Waals surface area contributed by atoms with Crippen molar-refractivity contribution in [2.45, 2.75) is 37.5 Å². The number of benzene rings is 1. The van der Waals surface area contributed by atoms with Crippen molar-refractivity contribution in [1.82, 2.24) is 0 Å². The molecule has 94 valence electrons. The normalized spacial score (nSPS) is 25.4. The Morgan fingerprint density at radius 3 is 2.47 bits per heavy atom.